The first-order valence-corrected chi connectivity index (χ1v) is 27.7. The van der Waals surface area contributed by atoms with E-state index in [1.807, 2.05) is 70.5 Å². The monoisotopic (exact) mass is 1100 g/mol. The quantitative estimate of drug-likeness (QED) is 0.0371. The number of likely N-dealkylation sites (tertiary alicyclic amines) is 2. The Morgan fingerprint density at radius 1 is 0.821 bits per heavy atom. The maximum absolute atomic E-state index is 14.0. The Hall–Kier alpha value is -5.82. The number of amides is 4. The van der Waals surface area contributed by atoms with Crippen molar-refractivity contribution >= 4 is 46.6 Å². The minimum absolute atomic E-state index is 0.0295. The van der Waals surface area contributed by atoms with Crippen LogP contribution in [0.1, 0.15) is 85.9 Å². The molecule has 0 saturated carbocycles. The zero-order valence-electron chi connectivity index (χ0n) is 45.5. The largest absolute Gasteiger partial charge is 0.392 e. The number of nitrogens with zero attached hydrogens (tertiary/aromatic N) is 6. The summed E-state index contributed by atoms with van der Waals surface area (Å²) in [6, 6.07) is 15.6. The molecule has 5 heterocycles. The number of nitrogens with one attached hydrogen (secondary N) is 3. The van der Waals surface area contributed by atoms with Gasteiger partial charge in [0.1, 0.15) is 43.1 Å². The lowest BCUT2D eigenvalue weighted by Crippen LogP contribution is -2.58. The molecule has 0 spiro atoms. The van der Waals surface area contributed by atoms with Crippen molar-refractivity contribution in [3.8, 4) is 10.4 Å². The van der Waals surface area contributed by atoms with Gasteiger partial charge >= 0.3 is 0 Å². The molecule has 21 nitrogen and oxygen atoms in total. The standard InChI is InChI=1S/C56H77N9O12S/c1-37(39-10-12-41(13-11-39)52-38(2)59-36-78-52)60-54(71)47-26-45(67)32-65(47)55(72)53(56(3,4)5)62-50(69)33-76-24-22-74-20-18-73-19-21-75-23-25-77-34-51(70)64-29-43(30-64)61-49-27-46(57-35-58-49)48(68)15-14-44(66)31-63-17-16-40-8-6-7-9-42(40)28-63/h6-13,27,35-37,43-45,47,53,66-67H,14-26,28-34H2,1-5H3,(H,60,71)(H,62,69)(H,57,58,61)/t37-,44-,45+,47-,53+/m0/s1. The lowest BCUT2D eigenvalue weighted by Gasteiger charge is -2.39. The smallest absolute Gasteiger partial charge is 0.248 e. The van der Waals surface area contributed by atoms with E-state index in [-0.39, 0.29) is 94.4 Å². The van der Waals surface area contributed by atoms with Gasteiger partial charge in [-0.2, -0.15) is 0 Å². The van der Waals surface area contributed by atoms with Gasteiger partial charge < -0.3 is 59.6 Å². The molecule has 5 atom stereocenters. The summed E-state index contributed by atoms with van der Waals surface area (Å²) in [6.45, 7) is 14.2. The van der Waals surface area contributed by atoms with Crippen LogP contribution in [0.5, 0.6) is 0 Å². The number of aromatic nitrogens is 3. The number of benzene rings is 2. The molecule has 2 saturated heterocycles. The lowest BCUT2D eigenvalue weighted by atomic mass is 9.85. The topological polar surface area (TPSA) is 256 Å². The number of thiazole rings is 1. The maximum atomic E-state index is 14.0. The van der Waals surface area contributed by atoms with Gasteiger partial charge in [-0.05, 0) is 54.4 Å². The second-order valence-corrected chi connectivity index (χ2v) is 22.0. The summed E-state index contributed by atoms with van der Waals surface area (Å²) >= 11 is 1.57. The van der Waals surface area contributed by atoms with E-state index in [1.54, 1.807) is 22.3 Å². The first kappa shape index (κ1) is 59.8. The van der Waals surface area contributed by atoms with Crippen LogP contribution in [0, 0.1) is 12.3 Å². The number of carbonyl (C=O) groups is 5. The summed E-state index contributed by atoms with van der Waals surface area (Å²) in [6.07, 6.45) is 1.38. The molecule has 0 radical (unpaired) electrons. The van der Waals surface area contributed by atoms with Gasteiger partial charge in [0.05, 0.1) is 93.2 Å². The molecule has 7 rings (SSSR count). The number of Topliss-reactive ketones (excluding diaryl/α,β-unsaturated/α-hetero) is 1. The van der Waals surface area contributed by atoms with Crippen molar-refractivity contribution in [3.05, 3.63) is 94.5 Å². The minimum Gasteiger partial charge on any atom is -0.392 e. The summed E-state index contributed by atoms with van der Waals surface area (Å²) in [7, 11) is 0. The normalized spacial score (nSPS) is 17.9. The number of anilines is 1. The van der Waals surface area contributed by atoms with Crippen LogP contribution in [0.2, 0.25) is 0 Å². The van der Waals surface area contributed by atoms with Gasteiger partial charge in [0, 0.05) is 58.2 Å². The molecule has 0 aliphatic carbocycles. The second-order valence-electron chi connectivity index (χ2n) is 21.1. The molecule has 5 N–H and O–H groups in total. The van der Waals surface area contributed by atoms with Gasteiger partial charge in [-0.15, -0.1) is 11.3 Å². The molecule has 4 amide bonds. The van der Waals surface area contributed by atoms with Gasteiger partial charge in [-0.1, -0.05) is 69.3 Å². The van der Waals surface area contributed by atoms with E-state index in [1.165, 1.54) is 22.4 Å². The van der Waals surface area contributed by atoms with Crippen LogP contribution in [0.15, 0.2) is 66.4 Å². The highest BCUT2D eigenvalue weighted by molar-refractivity contribution is 7.13. The van der Waals surface area contributed by atoms with Crippen LogP contribution in [0.25, 0.3) is 10.4 Å². The van der Waals surface area contributed by atoms with E-state index in [0.29, 0.717) is 58.3 Å². The maximum Gasteiger partial charge on any atom is 0.248 e. The lowest BCUT2D eigenvalue weighted by molar-refractivity contribution is -0.144. The zero-order chi connectivity index (χ0) is 55.6. The predicted octanol–water partition coefficient (Wildman–Crippen LogP) is 3.37. The number of β-amino-alcohol motifs (C(OH)–C–C–N with tert-alkyl or cyclic N) is 2. The molecule has 78 heavy (non-hydrogen) atoms. The summed E-state index contributed by atoms with van der Waals surface area (Å²) in [5.41, 5.74) is 6.90. The van der Waals surface area contributed by atoms with Crippen molar-refractivity contribution in [1.29, 1.82) is 0 Å². The third-order valence-electron chi connectivity index (χ3n) is 13.9. The number of rotatable bonds is 30. The zero-order valence-corrected chi connectivity index (χ0v) is 46.3. The molecule has 2 aromatic heterocycles. The Labute approximate surface area is 460 Å². The molecular formula is C56H77N9O12S. The van der Waals surface area contributed by atoms with Crippen molar-refractivity contribution in [2.75, 3.05) is 104 Å². The number of ether oxygens (including phenoxy) is 5. The van der Waals surface area contributed by atoms with Crippen molar-refractivity contribution < 1.29 is 57.9 Å². The van der Waals surface area contributed by atoms with Crippen LogP contribution >= 0.6 is 11.3 Å². The van der Waals surface area contributed by atoms with Crippen LogP contribution in [-0.4, -0.2) is 198 Å². The first-order chi connectivity index (χ1) is 37.5. The fourth-order valence-electron chi connectivity index (χ4n) is 9.51. The van der Waals surface area contributed by atoms with Crippen LogP contribution in [0.4, 0.5) is 5.82 Å². The van der Waals surface area contributed by atoms with Crippen molar-refractivity contribution in [2.24, 2.45) is 5.41 Å². The average Bonchev–Trinajstić information content (AvgIpc) is 4.05. The summed E-state index contributed by atoms with van der Waals surface area (Å²) in [5.74, 6) is -1.14. The van der Waals surface area contributed by atoms with E-state index < -0.39 is 41.5 Å². The number of hydrogen-bond donors (Lipinski definition) is 5. The van der Waals surface area contributed by atoms with Crippen LogP contribution in [-0.2, 0) is 55.8 Å². The van der Waals surface area contributed by atoms with E-state index in [2.05, 4.69) is 54.0 Å². The second kappa shape index (κ2) is 29.4. The number of carbonyl (C=O) groups excluding carboxylic acids is 5. The Kier molecular flexibility index (Phi) is 22.6. The molecule has 4 aromatic rings. The molecule has 0 bridgehead atoms. The van der Waals surface area contributed by atoms with E-state index in [0.717, 1.165) is 41.2 Å². The number of aliphatic hydroxyl groups excluding tert-OH is 2. The Morgan fingerprint density at radius 3 is 2.13 bits per heavy atom. The predicted molar refractivity (Wildman–Crippen MR) is 291 cm³/mol. The van der Waals surface area contributed by atoms with Gasteiger partial charge in [0.15, 0.2) is 5.78 Å². The summed E-state index contributed by atoms with van der Waals surface area (Å²) in [5, 5.41) is 30.4. The van der Waals surface area contributed by atoms with E-state index in [4.69, 9.17) is 23.7 Å². The van der Waals surface area contributed by atoms with E-state index in [9.17, 15) is 34.2 Å². The number of fused-ring (bicyclic) bond motifs is 1. The molecule has 2 fully saturated rings. The highest BCUT2D eigenvalue weighted by Gasteiger charge is 2.45. The van der Waals surface area contributed by atoms with Gasteiger partial charge in [-0.25, -0.2) is 15.0 Å². The van der Waals surface area contributed by atoms with Crippen molar-refractivity contribution in [1.82, 2.24) is 40.3 Å². The minimum atomic E-state index is -0.986. The van der Waals surface area contributed by atoms with Crippen molar-refractivity contribution in [3.63, 3.8) is 0 Å². The molecule has 3 aliphatic rings. The van der Waals surface area contributed by atoms with Gasteiger partial charge in [0.2, 0.25) is 23.6 Å². The third-order valence-corrected chi connectivity index (χ3v) is 14.9. The van der Waals surface area contributed by atoms with Gasteiger partial charge in [0.25, 0.3) is 0 Å². The van der Waals surface area contributed by atoms with Crippen LogP contribution in [0.3, 0.4) is 0 Å². The van der Waals surface area contributed by atoms with E-state index >= 15 is 0 Å². The molecule has 2 aromatic carbocycles. The Balaban J connectivity index is 0.671. The average molecular weight is 1100 g/mol. The number of aryl methyl sites for hydroxylation is 1. The Bertz CT molecular complexity index is 2590. The summed E-state index contributed by atoms with van der Waals surface area (Å²) in [4.78, 5) is 85.3. The highest BCUT2D eigenvalue weighted by atomic mass is 32.1. The SMILES string of the molecule is Cc1ncsc1-c1ccc([C@H](C)NC(=O)[C@@H]2C[C@@H](O)CN2C(=O)[C@@H](NC(=O)COCCOCCOCCOCCOCC(=O)N2CC(Nc3cc(C(=O)CC[C@H](O)CN4CCc5ccccc5C4)ncn3)C2)C(C)(C)C)cc1. The third kappa shape index (κ3) is 17.8. The molecule has 0 unspecified atom stereocenters. The first-order valence-electron chi connectivity index (χ1n) is 26.9. The Morgan fingerprint density at radius 2 is 1.47 bits per heavy atom. The number of aliphatic hydroxyl groups is 2. The fraction of sp³-hybridized carbons (Fsp3) is 0.571. The van der Waals surface area contributed by atoms with Crippen LogP contribution < -0.4 is 16.0 Å². The fourth-order valence-corrected chi connectivity index (χ4v) is 10.3. The van der Waals surface area contributed by atoms with Crippen molar-refractivity contribution in [2.45, 2.75) is 103 Å². The molecule has 424 valence electrons. The highest BCUT2D eigenvalue weighted by Crippen LogP contribution is 2.30. The number of ketones is 1. The van der Waals surface area contributed by atoms with Gasteiger partial charge in [-0.3, -0.25) is 28.9 Å². The molecule has 3 aliphatic heterocycles. The summed E-state index contributed by atoms with van der Waals surface area (Å²) < 4.78 is 27.7. The molecule has 22 heteroatoms. The molecular weight excluding hydrogens is 1020 g/mol. The number of hydrogen-bond acceptors (Lipinski definition) is 18.